The Balaban J connectivity index is 0.00000338. The number of aliphatic imine (C=N–C) groups is 1. The van der Waals surface area contributed by atoms with Crippen LogP contribution in [0, 0.1) is 0 Å². The molecule has 3 N–H and O–H groups in total. The molecule has 1 aromatic heterocycles. The Morgan fingerprint density at radius 3 is 2.50 bits per heavy atom. The number of benzene rings is 1. The second kappa shape index (κ2) is 11.7. The van der Waals surface area contributed by atoms with Crippen LogP contribution in [0.15, 0.2) is 41.4 Å². The van der Waals surface area contributed by atoms with Gasteiger partial charge in [0.25, 0.3) is 0 Å². The van der Waals surface area contributed by atoms with E-state index in [1.807, 2.05) is 44.3 Å². The van der Waals surface area contributed by atoms with Gasteiger partial charge in [0, 0.05) is 32.3 Å². The molecule has 0 amide bonds. The van der Waals surface area contributed by atoms with E-state index in [0.29, 0.717) is 35.6 Å². The van der Waals surface area contributed by atoms with Gasteiger partial charge in [0.15, 0.2) is 5.96 Å². The quantitative estimate of drug-likeness (QED) is 0.303. The topological polar surface area (TPSA) is 61.6 Å². The summed E-state index contributed by atoms with van der Waals surface area (Å²) in [4.78, 5) is 4.52. The molecular weight excluding hydrogens is 486 g/mol. The average Bonchev–Trinajstić information content (AvgIpc) is 2.85. The summed E-state index contributed by atoms with van der Waals surface area (Å²) in [7, 11) is 1.85. The van der Waals surface area contributed by atoms with Gasteiger partial charge in [0.2, 0.25) is 0 Å². The number of nitrogens with one attached hydrogen (secondary N) is 2. The van der Waals surface area contributed by atoms with Crippen LogP contribution in [0.5, 0.6) is 0 Å². The zero-order valence-electron chi connectivity index (χ0n) is 14.9. The summed E-state index contributed by atoms with van der Waals surface area (Å²) < 4.78 is 1.81. The first kappa shape index (κ1) is 23.1. The molecule has 1 aromatic carbocycles. The van der Waals surface area contributed by atoms with Gasteiger partial charge >= 0.3 is 0 Å². The Morgan fingerprint density at radius 1 is 1.23 bits per heavy atom. The maximum atomic E-state index is 10.2. The van der Waals surface area contributed by atoms with E-state index in [2.05, 4.69) is 15.6 Å². The van der Waals surface area contributed by atoms with E-state index in [-0.39, 0.29) is 24.0 Å². The molecule has 0 aliphatic rings. The van der Waals surface area contributed by atoms with Gasteiger partial charge in [-0.05, 0) is 18.6 Å². The molecule has 0 aliphatic carbocycles. The molecule has 1 unspecified atom stereocenters. The Kier molecular flexibility index (Phi) is 10.4. The van der Waals surface area contributed by atoms with E-state index in [4.69, 9.17) is 23.2 Å². The van der Waals surface area contributed by atoms with Crippen molar-refractivity contribution >= 4 is 53.1 Å². The molecule has 26 heavy (non-hydrogen) atoms. The standard InChI is InChI=1S/C18H24Cl2N4O.HI/c1-3-21-18(22-11-14-10-16(19)17(20)24(14)2)23-12-15(25)9-13-7-5-4-6-8-13;/h4-8,10,15,25H,3,9,11-12H2,1-2H3,(H2,21,22,23);1H. The van der Waals surface area contributed by atoms with E-state index in [9.17, 15) is 5.11 Å². The van der Waals surface area contributed by atoms with Crippen molar-refractivity contribution in [2.24, 2.45) is 12.0 Å². The molecule has 2 rings (SSSR count). The lowest BCUT2D eigenvalue weighted by Gasteiger charge is -2.15. The van der Waals surface area contributed by atoms with Crippen LogP contribution in [0.25, 0.3) is 0 Å². The van der Waals surface area contributed by atoms with Gasteiger partial charge in [-0.3, -0.25) is 0 Å². The van der Waals surface area contributed by atoms with Gasteiger partial charge in [-0.25, -0.2) is 4.99 Å². The van der Waals surface area contributed by atoms with E-state index in [1.165, 1.54) is 0 Å². The third kappa shape index (κ3) is 6.98. The number of aliphatic hydroxyl groups excluding tert-OH is 1. The van der Waals surface area contributed by atoms with Crippen molar-refractivity contribution in [3.05, 3.63) is 57.8 Å². The highest BCUT2D eigenvalue weighted by atomic mass is 127. The summed E-state index contributed by atoms with van der Waals surface area (Å²) in [5.74, 6) is 0.642. The van der Waals surface area contributed by atoms with Crippen LogP contribution >= 0.6 is 47.2 Å². The molecule has 1 atom stereocenters. The SMILES string of the molecule is CCNC(=NCc1cc(Cl)c(Cl)n1C)NCC(O)Cc1ccccc1.I. The molecule has 0 spiro atoms. The minimum absolute atomic E-state index is 0. The monoisotopic (exact) mass is 510 g/mol. The summed E-state index contributed by atoms with van der Waals surface area (Å²) in [5, 5.41) is 17.6. The van der Waals surface area contributed by atoms with Crippen molar-refractivity contribution < 1.29 is 5.11 Å². The number of aromatic nitrogens is 1. The fourth-order valence-electron chi connectivity index (χ4n) is 2.42. The van der Waals surface area contributed by atoms with Crippen LogP contribution in [0.2, 0.25) is 10.2 Å². The summed E-state index contributed by atoms with van der Waals surface area (Å²) in [6.07, 6.45) is 0.0983. The third-order valence-corrected chi connectivity index (χ3v) is 4.62. The number of nitrogens with zero attached hydrogens (tertiary/aromatic N) is 2. The lowest BCUT2D eigenvalue weighted by Crippen LogP contribution is -2.41. The van der Waals surface area contributed by atoms with Crippen molar-refractivity contribution in [2.75, 3.05) is 13.1 Å². The molecule has 0 saturated carbocycles. The Bertz CT molecular complexity index is 707. The predicted octanol–water partition coefficient (Wildman–Crippen LogP) is 3.61. The molecule has 1 heterocycles. The molecular formula is C18H25Cl2IN4O. The average molecular weight is 511 g/mol. The fraction of sp³-hybridized carbons (Fsp3) is 0.389. The lowest BCUT2D eigenvalue weighted by molar-refractivity contribution is 0.177. The number of aliphatic hydroxyl groups is 1. The van der Waals surface area contributed by atoms with E-state index < -0.39 is 6.10 Å². The minimum atomic E-state index is -0.495. The van der Waals surface area contributed by atoms with E-state index >= 15 is 0 Å². The first-order valence-electron chi connectivity index (χ1n) is 8.25. The lowest BCUT2D eigenvalue weighted by atomic mass is 10.1. The normalized spacial score (nSPS) is 12.4. The van der Waals surface area contributed by atoms with Crippen LogP contribution in [0.1, 0.15) is 18.2 Å². The van der Waals surface area contributed by atoms with Crippen LogP contribution < -0.4 is 10.6 Å². The number of rotatable bonds is 7. The van der Waals surface area contributed by atoms with Gasteiger partial charge in [-0.1, -0.05) is 53.5 Å². The molecule has 0 bridgehead atoms. The third-order valence-electron chi connectivity index (χ3n) is 3.78. The zero-order chi connectivity index (χ0) is 18.2. The molecule has 0 radical (unpaired) electrons. The fourth-order valence-corrected chi connectivity index (χ4v) is 2.83. The predicted molar refractivity (Wildman–Crippen MR) is 120 cm³/mol. The number of hydrogen-bond acceptors (Lipinski definition) is 2. The molecule has 8 heteroatoms. The Hall–Kier alpha value is -0.960. The second-order valence-corrected chi connectivity index (χ2v) is 6.52. The zero-order valence-corrected chi connectivity index (χ0v) is 18.7. The maximum Gasteiger partial charge on any atom is 0.191 e. The van der Waals surface area contributed by atoms with Crippen molar-refractivity contribution in [3.8, 4) is 0 Å². The smallest absolute Gasteiger partial charge is 0.191 e. The van der Waals surface area contributed by atoms with Gasteiger partial charge in [0.1, 0.15) is 5.15 Å². The Labute approximate surface area is 181 Å². The number of hydrogen-bond donors (Lipinski definition) is 3. The highest BCUT2D eigenvalue weighted by Gasteiger charge is 2.10. The van der Waals surface area contributed by atoms with Crippen molar-refractivity contribution in [2.45, 2.75) is 26.0 Å². The highest BCUT2D eigenvalue weighted by molar-refractivity contribution is 14.0. The molecule has 144 valence electrons. The summed E-state index contributed by atoms with van der Waals surface area (Å²) in [6, 6.07) is 11.7. The van der Waals surface area contributed by atoms with Gasteiger partial charge < -0.3 is 20.3 Å². The molecule has 0 aliphatic heterocycles. The first-order chi connectivity index (χ1) is 12.0. The van der Waals surface area contributed by atoms with Crippen molar-refractivity contribution in [1.82, 2.24) is 15.2 Å². The molecule has 0 fully saturated rings. The molecule has 0 saturated heterocycles. The van der Waals surface area contributed by atoms with Crippen LogP contribution in [-0.2, 0) is 20.0 Å². The van der Waals surface area contributed by atoms with Crippen LogP contribution in [0.3, 0.4) is 0 Å². The summed E-state index contributed by atoms with van der Waals surface area (Å²) in [5.41, 5.74) is 2.02. The Morgan fingerprint density at radius 2 is 1.92 bits per heavy atom. The van der Waals surface area contributed by atoms with E-state index in [0.717, 1.165) is 17.8 Å². The maximum absolute atomic E-state index is 10.2. The summed E-state index contributed by atoms with van der Waals surface area (Å²) in [6.45, 7) is 3.57. The van der Waals surface area contributed by atoms with Crippen LogP contribution in [0.4, 0.5) is 0 Å². The largest absolute Gasteiger partial charge is 0.391 e. The van der Waals surface area contributed by atoms with Gasteiger partial charge in [-0.2, -0.15) is 0 Å². The van der Waals surface area contributed by atoms with Gasteiger partial charge in [-0.15, -0.1) is 24.0 Å². The minimum Gasteiger partial charge on any atom is -0.391 e. The molecule has 2 aromatic rings. The molecule has 5 nitrogen and oxygen atoms in total. The number of guanidine groups is 1. The highest BCUT2D eigenvalue weighted by Crippen LogP contribution is 2.25. The van der Waals surface area contributed by atoms with E-state index in [1.54, 1.807) is 10.6 Å². The number of halogens is 3. The second-order valence-electron chi connectivity index (χ2n) is 5.75. The van der Waals surface area contributed by atoms with Crippen LogP contribution in [-0.4, -0.2) is 34.8 Å². The first-order valence-corrected chi connectivity index (χ1v) is 9.00. The van der Waals surface area contributed by atoms with Gasteiger partial charge in [0.05, 0.1) is 17.7 Å². The van der Waals surface area contributed by atoms with Crippen molar-refractivity contribution in [3.63, 3.8) is 0 Å². The van der Waals surface area contributed by atoms with Crippen molar-refractivity contribution in [1.29, 1.82) is 0 Å². The summed E-state index contributed by atoms with van der Waals surface area (Å²) >= 11 is 12.1.